The molecule has 0 aromatic rings. The molecule has 1 aliphatic carbocycles. The van der Waals surface area contributed by atoms with Crippen LogP contribution in [0.3, 0.4) is 0 Å². The number of rotatable bonds is 8. The first-order valence-corrected chi connectivity index (χ1v) is 12.6. The lowest BCUT2D eigenvalue weighted by atomic mass is 9.64. The molecule has 2 N–H and O–H groups in total. The van der Waals surface area contributed by atoms with Crippen LogP contribution < -0.4 is 10.6 Å². The molecule has 2 aliphatic rings. The molecule has 1 saturated heterocycles. The normalized spacial score (nSPS) is 29.2. The predicted molar refractivity (Wildman–Crippen MR) is 134 cm³/mol. The lowest BCUT2D eigenvalue weighted by Crippen LogP contribution is -2.67. The lowest BCUT2D eigenvalue weighted by molar-refractivity contribution is -0.139. The highest BCUT2D eigenvalue weighted by Gasteiger charge is 2.53. The van der Waals surface area contributed by atoms with Crippen LogP contribution in [-0.2, 0) is 18.9 Å². The molecule has 0 radical (unpaired) electrons. The van der Waals surface area contributed by atoms with Gasteiger partial charge in [0, 0.05) is 12.5 Å². The van der Waals surface area contributed by atoms with Crippen molar-refractivity contribution in [3.63, 3.8) is 0 Å². The fourth-order valence-corrected chi connectivity index (χ4v) is 5.17. The number of hydrogen-bond donors (Lipinski definition) is 2. The van der Waals surface area contributed by atoms with E-state index in [-0.39, 0.29) is 41.6 Å². The first-order chi connectivity index (χ1) is 15.0. The van der Waals surface area contributed by atoms with E-state index in [9.17, 15) is 9.59 Å². The summed E-state index contributed by atoms with van der Waals surface area (Å²) in [4.78, 5) is 28.2. The summed E-state index contributed by atoms with van der Waals surface area (Å²) >= 11 is 0. The van der Waals surface area contributed by atoms with Gasteiger partial charge in [-0.25, -0.2) is 0 Å². The fraction of sp³-hybridized carbons (Fsp3) is 0.920. The molecule has 0 aromatic heterocycles. The zero-order valence-corrected chi connectivity index (χ0v) is 22.8. The van der Waals surface area contributed by atoms with Crippen LogP contribution >= 0.6 is 0 Å². The van der Waals surface area contributed by atoms with Crippen molar-refractivity contribution >= 4 is 18.9 Å². The zero-order chi connectivity index (χ0) is 25.2. The van der Waals surface area contributed by atoms with Gasteiger partial charge < -0.3 is 24.8 Å². The second kappa shape index (κ2) is 10.2. The molecule has 3 unspecified atom stereocenters. The highest BCUT2D eigenvalue weighted by atomic mass is 16.7. The summed E-state index contributed by atoms with van der Waals surface area (Å²) in [5.41, 5.74) is -1.94. The van der Waals surface area contributed by atoms with Crippen LogP contribution in [0.15, 0.2) is 0 Å². The van der Waals surface area contributed by atoms with Gasteiger partial charge in [-0.1, -0.05) is 12.8 Å². The Labute approximate surface area is 202 Å². The van der Waals surface area contributed by atoms with Gasteiger partial charge in [0.1, 0.15) is 5.54 Å². The summed E-state index contributed by atoms with van der Waals surface area (Å²) in [6.07, 6.45) is 5.17. The van der Waals surface area contributed by atoms with Crippen molar-refractivity contribution < 1.29 is 18.9 Å². The molecule has 3 atom stereocenters. The standard InChI is InChI=1S/C25H48BN3O4/c1-18(30)27-25(21(31)28-22(2,3)4)17-19(11-12-20(25)14-16-29(9)10)13-15-26-32-23(5,6)24(7,8)33-26/h19-20H,11-17H2,1-10H3,(H,27,30)(H,28,31). The maximum Gasteiger partial charge on any atom is 0.457 e. The Kier molecular flexibility index (Phi) is 8.73. The molecule has 1 heterocycles. The van der Waals surface area contributed by atoms with Gasteiger partial charge in [0.2, 0.25) is 11.8 Å². The van der Waals surface area contributed by atoms with Crippen LogP contribution in [0.5, 0.6) is 0 Å². The molecule has 1 aliphatic heterocycles. The SMILES string of the molecule is CC(=O)NC1(C(=O)NC(C)(C)C)CC(CCB2OC(C)(C)C(C)(C)O2)CCC1CCN(C)C. The van der Waals surface area contributed by atoms with Crippen LogP contribution in [0, 0.1) is 11.8 Å². The van der Waals surface area contributed by atoms with Crippen LogP contribution in [0.2, 0.25) is 6.32 Å². The van der Waals surface area contributed by atoms with Gasteiger partial charge >= 0.3 is 7.12 Å². The van der Waals surface area contributed by atoms with Gasteiger partial charge in [-0.15, -0.1) is 0 Å². The van der Waals surface area contributed by atoms with Crippen LogP contribution in [0.25, 0.3) is 0 Å². The first-order valence-electron chi connectivity index (χ1n) is 12.6. The minimum Gasteiger partial charge on any atom is -0.403 e. The van der Waals surface area contributed by atoms with Gasteiger partial charge in [0.25, 0.3) is 0 Å². The molecule has 0 bridgehead atoms. The van der Waals surface area contributed by atoms with Crippen molar-refractivity contribution in [3.05, 3.63) is 0 Å². The quantitative estimate of drug-likeness (QED) is 0.536. The van der Waals surface area contributed by atoms with Crippen LogP contribution in [-0.4, -0.2) is 66.8 Å². The summed E-state index contributed by atoms with van der Waals surface area (Å²) in [6.45, 7) is 16.6. The number of nitrogens with one attached hydrogen (secondary N) is 2. The monoisotopic (exact) mass is 465 g/mol. The number of amides is 2. The molecule has 1 saturated carbocycles. The van der Waals surface area contributed by atoms with Crippen molar-refractivity contribution in [1.29, 1.82) is 0 Å². The van der Waals surface area contributed by atoms with Crippen LogP contribution in [0.4, 0.5) is 0 Å². The second-order valence-electron chi connectivity index (χ2n) is 12.6. The number of carbonyl (C=O) groups excluding carboxylic acids is 2. The molecular weight excluding hydrogens is 417 g/mol. The van der Waals surface area contributed by atoms with Crippen molar-refractivity contribution in [1.82, 2.24) is 15.5 Å². The fourth-order valence-electron chi connectivity index (χ4n) is 5.17. The molecule has 8 heteroatoms. The Morgan fingerprint density at radius 1 is 1.03 bits per heavy atom. The molecule has 190 valence electrons. The maximum atomic E-state index is 13.7. The Morgan fingerprint density at radius 3 is 2.09 bits per heavy atom. The van der Waals surface area contributed by atoms with E-state index in [1.807, 2.05) is 34.9 Å². The van der Waals surface area contributed by atoms with E-state index in [1.54, 1.807) is 0 Å². The highest BCUT2D eigenvalue weighted by Crippen LogP contribution is 2.43. The van der Waals surface area contributed by atoms with E-state index in [1.165, 1.54) is 6.92 Å². The molecule has 33 heavy (non-hydrogen) atoms. The Morgan fingerprint density at radius 2 is 1.61 bits per heavy atom. The van der Waals surface area contributed by atoms with Crippen LogP contribution in [0.1, 0.15) is 87.5 Å². The van der Waals surface area contributed by atoms with Gasteiger partial charge in [-0.3, -0.25) is 9.59 Å². The summed E-state index contributed by atoms with van der Waals surface area (Å²) in [7, 11) is 3.86. The Hall–Kier alpha value is -1.12. The first kappa shape index (κ1) is 28.1. The Bertz CT molecular complexity index is 688. The molecule has 7 nitrogen and oxygen atoms in total. The van der Waals surface area contributed by atoms with E-state index in [0.717, 1.165) is 38.5 Å². The van der Waals surface area contributed by atoms with E-state index >= 15 is 0 Å². The predicted octanol–water partition coefficient (Wildman–Crippen LogP) is 3.63. The Balaban J connectivity index is 2.21. The number of carbonyl (C=O) groups is 2. The summed E-state index contributed by atoms with van der Waals surface area (Å²) in [6, 6.07) is 0. The van der Waals surface area contributed by atoms with E-state index in [0.29, 0.717) is 12.3 Å². The summed E-state index contributed by atoms with van der Waals surface area (Å²) < 4.78 is 12.4. The second-order valence-corrected chi connectivity index (χ2v) is 12.6. The van der Waals surface area contributed by atoms with Crippen molar-refractivity contribution in [3.8, 4) is 0 Å². The smallest absolute Gasteiger partial charge is 0.403 e. The topological polar surface area (TPSA) is 79.9 Å². The third-order valence-corrected chi connectivity index (χ3v) is 7.56. The lowest BCUT2D eigenvalue weighted by Gasteiger charge is -2.47. The maximum absolute atomic E-state index is 13.7. The van der Waals surface area contributed by atoms with Crippen molar-refractivity contribution in [2.24, 2.45) is 11.8 Å². The van der Waals surface area contributed by atoms with E-state index in [4.69, 9.17) is 9.31 Å². The third kappa shape index (κ3) is 7.19. The number of hydrogen-bond acceptors (Lipinski definition) is 5. The minimum atomic E-state index is -0.895. The minimum absolute atomic E-state index is 0.0608. The summed E-state index contributed by atoms with van der Waals surface area (Å²) in [5.74, 6) is 0.200. The van der Waals surface area contributed by atoms with Gasteiger partial charge in [-0.2, -0.15) is 0 Å². The average Bonchev–Trinajstić information content (AvgIpc) is 2.83. The van der Waals surface area contributed by atoms with Crippen molar-refractivity contribution in [2.75, 3.05) is 20.6 Å². The molecular formula is C25H48BN3O4. The molecule has 2 rings (SSSR count). The van der Waals surface area contributed by atoms with Gasteiger partial charge in [0.05, 0.1) is 11.2 Å². The molecule has 2 amide bonds. The molecule has 0 spiro atoms. The third-order valence-electron chi connectivity index (χ3n) is 7.56. The molecule has 2 fully saturated rings. The molecule has 0 aromatic carbocycles. The van der Waals surface area contributed by atoms with Gasteiger partial charge in [0.15, 0.2) is 0 Å². The highest BCUT2D eigenvalue weighted by molar-refractivity contribution is 6.45. The zero-order valence-electron chi connectivity index (χ0n) is 22.8. The van der Waals surface area contributed by atoms with E-state index < -0.39 is 5.54 Å². The largest absolute Gasteiger partial charge is 0.457 e. The van der Waals surface area contributed by atoms with Gasteiger partial charge in [-0.05, 0) is 107 Å². The van der Waals surface area contributed by atoms with E-state index in [2.05, 4.69) is 43.2 Å². The number of nitrogens with zero attached hydrogens (tertiary/aromatic N) is 1. The average molecular weight is 465 g/mol. The summed E-state index contributed by atoms with van der Waals surface area (Å²) in [5, 5.41) is 6.32. The van der Waals surface area contributed by atoms with Crippen molar-refractivity contribution in [2.45, 2.75) is 116 Å².